The van der Waals surface area contributed by atoms with Crippen LogP contribution in [0.5, 0.6) is 11.5 Å². The van der Waals surface area contributed by atoms with Gasteiger partial charge in [0.15, 0.2) is 0 Å². The molecule has 0 atom stereocenters. The van der Waals surface area contributed by atoms with Gasteiger partial charge in [0.05, 0.1) is 21.4 Å². The summed E-state index contributed by atoms with van der Waals surface area (Å²) in [5, 5.41) is 11.8. The van der Waals surface area contributed by atoms with Gasteiger partial charge in [0.2, 0.25) is 0 Å². The largest absolute Gasteiger partial charge is 0.457 e. The molecule has 0 aliphatic heterocycles. The summed E-state index contributed by atoms with van der Waals surface area (Å²) < 4.78 is 6.03. The number of hydrogen-bond acceptors (Lipinski definition) is 5. The van der Waals surface area contributed by atoms with E-state index in [-0.39, 0.29) is 22.5 Å². The first-order chi connectivity index (χ1) is 14.7. The first-order valence-corrected chi connectivity index (χ1v) is 9.79. The topological polar surface area (TPSA) is 98.1 Å². The molecule has 31 heavy (non-hydrogen) atoms. The number of benzene rings is 3. The molecule has 0 spiro atoms. The Labute approximate surface area is 178 Å². The lowest BCUT2D eigenvalue weighted by Crippen LogP contribution is -2.10. The van der Waals surface area contributed by atoms with Gasteiger partial charge in [-0.1, -0.05) is 45.0 Å². The predicted molar refractivity (Wildman–Crippen MR) is 120 cm³/mol. The Kier molecular flexibility index (Phi) is 5.02. The van der Waals surface area contributed by atoms with Crippen molar-refractivity contribution in [3.05, 3.63) is 92.8 Å². The van der Waals surface area contributed by atoms with Crippen molar-refractivity contribution < 1.29 is 9.66 Å². The highest BCUT2D eigenvalue weighted by Gasteiger charge is 2.18. The molecule has 4 aromatic rings. The first-order valence-electron chi connectivity index (χ1n) is 9.79. The Morgan fingerprint density at radius 3 is 2.39 bits per heavy atom. The maximum Gasteiger partial charge on any atom is 0.270 e. The Morgan fingerprint density at radius 2 is 1.71 bits per heavy atom. The molecule has 1 N–H and O–H groups in total. The van der Waals surface area contributed by atoms with Gasteiger partial charge in [0, 0.05) is 12.1 Å². The fourth-order valence-electron chi connectivity index (χ4n) is 3.27. The summed E-state index contributed by atoms with van der Waals surface area (Å²) in [5.74, 6) is 1.13. The highest BCUT2D eigenvalue weighted by atomic mass is 16.6. The van der Waals surface area contributed by atoms with E-state index in [0.717, 1.165) is 5.56 Å². The van der Waals surface area contributed by atoms with Crippen molar-refractivity contribution in [2.75, 3.05) is 0 Å². The summed E-state index contributed by atoms with van der Waals surface area (Å²) >= 11 is 0. The van der Waals surface area contributed by atoms with Crippen LogP contribution in [0.25, 0.3) is 22.3 Å². The maximum atomic E-state index is 12.5. The Balaban J connectivity index is 1.81. The van der Waals surface area contributed by atoms with Gasteiger partial charge in [0.25, 0.3) is 11.2 Å². The third-order valence-electron chi connectivity index (χ3n) is 4.99. The van der Waals surface area contributed by atoms with Crippen LogP contribution in [0.4, 0.5) is 5.69 Å². The lowest BCUT2D eigenvalue weighted by Gasteiger charge is -2.19. The summed E-state index contributed by atoms with van der Waals surface area (Å²) in [6.45, 7) is 6.37. The molecular weight excluding hydrogens is 394 g/mol. The number of aromatic amines is 1. The van der Waals surface area contributed by atoms with Gasteiger partial charge >= 0.3 is 0 Å². The van der Waals surface area contributed by atoms with E-state index in [1.807, 2.05) is 24.3 Å². The minimum atomic E-state index is -0.495. The van der Waals surface area contributed by atoms with Crippen molar-refractivity contribution in [2.24, 2.45) is 0 Å². The summed E-state index contributed by atoms with van der Waals surface area (Å²) in [4.78, 5) is 30.6. The molecule has 156 valence electrons. The molecule has 0 fully saturated rings. The van der Waals surface area contributed by atoms with Crippen LogP contribution in [-0.4, -0.2) is 14.9 Å². The minimum absolute atomic E-state index is 0.00551. The van der Waals surface area contributed by atoms with Crippen LogP contribution < -0.4 is 10.3 Å². The van der Waals surface area contributed by atoms with Crippen molar-refractivity contribution in [3.63, 3.8) is 0 Å². The SMILES string of the molecule is CC(C)(C)c1ccc(Oc2ccc([N+](=O)[O-])cc2-c2nc3ccccc3c(=O)[nH]2)cc1. The molecule has 0 aliphatic rings. The average Bonchev–Trinajstić information content (AvgIpc) is 2.73. The van der Waals surface area contributed by atoms with E-state index in [1.54, 1.807) is 24.3 Å². The van der Waals surface area contributed by atoms with Gasteiger partial charge in [-0.15, -0.1) is 0 Å². The number of nitrogens with one attached hydrogen (secondary N) is 1. The van der Waals surface area contributed by atoms with Crippen molar-refractivity contribution in [2.45, 2.75) is 26.2 Å². The number of non-ortho nitro benzene ring substituents is 1. The van der Waals surface area contributed by atoms with Gasteiger partial charge in [-0.2, -0.15) is 0 Å². The van der Waals surface area contributed by atoms with Crippen LogP contribution in [0.3, 0.4) is 0 Å². The van der Waals surface area contributed by atoms with Crippen molar-refractivity contribution >= 4 is 16.6 Å². The molecule has 7 nitrogen and oxygen atoms in total. The molecule has 7 heteroatoms. The lowest BCUT2D eigenvalue weighted by atomic mass is 9.87. The van der Waals surface area contributed by atoms with Crippen LogP contribution in [0.1, 0.15) is 26.3 Å². The summed E-state index contributed by atoms with van der Waals surface area (Å²) in [6.07, 6.45) is 0. The normalized spacial score (nSPS) is 11.5. The van der Waals surface area contributed by atoms with E-state index in [9.17, 15) is 14.9 Å². The number of H-pyrrole nitrogens is 1. The van der Waals surface area contributed by atoms with E-state index in [1.165, 1.54) is 18.2 Å². The molecule has 1 heterocycles. The number of hydrogen-bond donors (Lipinski definition) is 1. The maximum absolute atomic E-state index is 12.5. The average molecular weight is 415 g/mol. The third-order valence-corrected chi connectivity index (χ3v) is 4.99. The molecule has 0 aliphatic carbocycles. The molecule has 0 bridgehead atoms. The van der Waals surface area contributed by atoms with Crippen LogP contribution in [0, 0.1) is 10.1 Å². The second-order valence-corrected chi connectivity index (χ2v) is 8.25. The number of aromatic nitrogens is 2. The van der Waals surface area contributed by atoms with Crippen LogP contribution >= 0.6 is 0 Å². The van der Waals surface area contributed by atoms with Crippen molar-refractivity contribution in [3.8, 4) is 22.9 Å². The van der Waals surface area contributed by atoms with E-state index in [2.05, 4.69) is 30.7 Å². The standard InChI is InChI=1S/C24H21N3O4/c1-24(2,3)15-8-11-17(12-9-15)31-21-13-10-16(27(29)30)14-19(21)22-25-20-7-5-4-6-18(20)23(28)26-22/h4-14H,1-3H3,(H,25,26,28). The molecule has 4 rings (SSSR count). The van der Waals surface area contributed by atoms with Crippen molar-refractivity contribution in [1.82, 2.24) is 9.97 Å². The van der Waals surface area contributed by atoms with Gasteiger partial charge in [-0.3, -0.25) is 14.9 Å². The first kappa shape index (κ1) is 20.3. The number of fused-ring (bicyclic) bond motifs is 1. The van der Waals surface area contributed by atoms with Crippen LogP contribution in [0.2, 0.25) is 0 Å². The minimum Gasteiger partial charge on any atom is -0.457 e. The highest BCUT2D eigenvalue weighted by Crippen LogP contribution is 2.35. The number of para-hydroxylation sites is 1. The highest BCUT2D eigenvalue weighted by molar-refractivity contribution is 5.80. The zero-order chi connectivity index (χ0) is 22.2. The lowest BCUT2D eigenvalue weighted by molar-refractivity contribution is -0.384. The molecule has 0 radical (unpaired) electrons. The Morgan fingerprint density at radius 1 is 1.00 bits per heavy atom. The van der Waals surface area contributed by atoms with Gasteiger partial charge in [-0.25, -0.2) is 4.98 Å². The molecule has 0 saturated heterocycles. The molecule has 0 unspecified atom stereocenters. The molecule has 0 amide bonds. The van der Waals surface area contributed by atoms with E-state index < -0.39 is 4.92 Å². The number of nitro groups is 1. The zero-order valence-electron chi connectivity index (χ0n) is 17.4. The number of nitrogens with zero attached hydrogens (tertiary/aromatic N) is 2. The number of ether oxygens (including phenoxy) is 1. The van der Waals surface area contributed by atoms with Crippen LogP contribution in [-0.2, 0) is 5.41 Å². The quantitative estimate of drug-likeness (QED) is 0.346. The molecular formula is C24H21N3O4. The van der Waals surface area contributed by atoms with Gasteiger partial charge < -0.3 is 9.72 Å². The summed E-state index contributed by atoms with van der Waals surface area (Å²) in [7, 11) is 0. The monoisotopic (exact) mass is 415 g/mol. The number of nitro benzene ring substituents is 1. The predicted octanol–water partition coefficient (Wildman–Crippen LogP) is 5.59. The fraction of sp³-hybridized carbons (Fsp3) is 0.167. The summed E-state index contributed by atoms with van der Waals surface area (Å²) in [5.41, 5.74) is 1.54. The fourth-order valence-corrected chi connectivity index (χ4v) is 3.27. The number of rotatable bonds is 4. The Bertz CT molecular complexity index is 1340. The smallest absolute Gasteiger partial charge is 0.270 e. The van der Waals surface area contributed by atoms with Gasteiger partial charge in [0.1, 0.15) is 17.3 Å². The Hall–Kier alpha value is -4.00. The van der Waals surface area contributed by atoms with Crippen molar-refractivity contribution in [1.29, 1.82) is 0 Å². The zero-order valence-corrected chi connectivity index (χ0v) is 17.4. The van der Waals surface area contributed by atoms with Crippen LogP contribution in [0.15, 0.2) is 71.5 Å². The second kappa shape index (κ2) is 7.68. The third kappa shape index (κ3) is 4.16. The molecule has 3 aromatic carbocycles. The summed E-state index contributed by atoms with van der Waals surface area (Å²) in [6, 6.07) is 18.8. The van der Waals surface area contributed by atoms with Gasteiger partial charge in [-0.05, 0) is 41.3 Å². The molecule has 1 aromatic heterocycles. The van der Waals surface area contributed by atoms with E-state index in [0.29, 0.717) is 28.0 Å². The second-order valence-electron chi connectivity index (χ2n) is 8.25. The van der Waals surface area contributed by atoms with E-state index in [4.69, 9.17) is 4.74 Å². The van der Waals surface area contributed by atoms with E-state index >= 15 is 0 Å². The molecule has 0 saturated carbocycles.